The molecule has 6 heteroatoms. The number of halogens is 3. The highest BCUT2D eigenvalue weighted by molar-refractivity contribution is 5.63. The van der Waals surface area contributed by atoms with Gasteiger partial charge in [-0.2, -0.15) is 13.2 Å². The molecule has 0 radical (unpaired) electrons. The van der Waals surface area contributed by atoms with Gasteiger partial charge >= 0.3 is 6.18 Å². The Balaban J connectivity index is 2.41. The number of hydrogen-bond acceptors (Lipinski definition) is 3. The van der Waals surface area contributed by atoms with Crippen molar-refractivity contribution in [1.29, 1.82) is 0 Å². The number of benzene rings is 1. The van der Waals surface area contributed by atoms with E-state index in [1.807, 2.05) is 12.1 Å². The maximum atomic E-state index is 12.7. The van der Waals surface area contributed by atoms with Crippen LogP contribution < -0.4 is 10.6 Å². The first-order valence-corrected chi connectivity index (χ1v) is 5.98. The van der Waals surface area contributed by atoms with Crippen LogP contribution in [-0.2, 0) is 12.7 Å². The van der Waals surface area contributed by atoms with Crippen molar-refractivity contribution in [3.8, 4) is 0 Å². The Kier molecular flexibility index (Phi) is 3.94. The lowest BCUT2D eigenvalue weighted by Crippen LogP contribution is -2.16. The second-order valence-electron chi connectivity index (χ2n) is 4.29. The summed E-state index contributed by atoms with van der Waals surface area (Å²) < 4.78 is 38.1. The number of nitrogens with two attached hydrogens (primary N) is 1. The molecule has 0 unspecified atom stereocenters. The number of hydrogen-bond donors (Lipinski definition) is 1. The van der Waals surface area contributed by atoms with Gasteiger partial charge in [0.05, 0.1) is 5.56 Å². The third-order valence-corrected chi connectivity index (χ3v) is 2.99. The molecule has 0 spiro atoms. The second kappa shape index (κ2) is 5.50. The van der Waals surface area contributed by atoms with Crippen molar-refractivity contribution in [3.05, 3.63) is 53.7 Å². The Hall–Kier alpha value is -2.08. The molecule has 0 fully saturated rings. The van der Waals surface area contributed by atoms with E-state index in [0.717, 1.165) is 29.6 Å². The van der Waals surface area contributed by atoms with Gasteiger partial charge in [0.2, 0.25) is 0 Å². The zero-order valence-electron chi connectivity index (χ0n) is 10.9. The number of rotatable bonds is 3. The average Bonchev–Trinajstić information content (AvgIpc) is 2.45. The minimum atomic E-state index is -4.38. The first-order valence-electron chi connectivity index (χ1n) is 5.98. The Labute approximate surface area is 114 Å². The molecule has 0 aliphatic rings. The van der Waals surface area contributed by atoms with E-state index in [2.05, 4.69) is 4.98 Å². The Morgan fingerprint density at radius 2 is 1.90 bits per heavy atom. The van der Waals surface area contributed by atoms with Crippen molar-refractivity contribution in [1.82, 2.24) is 4.98 Å². The maximum absolute atomic E-state index is 12.7. The van der Waals surface area contributed by atoms with Crippen LogP contribution in [0.3, 0.4) is 0 Å². The van der Waals surface area contributed by atoms with Gasteiger partial charge in [0.15, 0.2) is 0 Å². The number of aromatic nitrogens is 1. The van der Waals surface area contributed by atoms with Crippen LogP contribution in [0.5, 0.6) is 0 Å². The molecule has 0 bridgehead atoms. The van der Waals surface area contributed by atoms with Crippen molar-refractivity contribution in [3.63, 3.8) is 0 Å². The second-order valence-corrected chi connectivity index (χ2v) is 4.29. The zero-order chi connectivity index (χ0) is 14.8. The highest BCUT2D eigenvalue weighted by atomic mass is 19.4. The molecular formula is C14H14F3N3. The molecule has 0 aliphatic heterocycles. The van der Waals surface area contributed by atoms with E-state index in [9.17, 15) is 13.2 Å². The van der Waals surface area contributed by atoms with Gasteiger partial charge in [-0.05, 0) is 23.8 Å². The molecule has 3 nitrogen and oxygen atoms in total. The lowest BCUT2D eigenvalue weighted by atomic mass is 10.1. The smallest absolute Gasteiger partial charge is 0.329 e. The molecule has 1 aromatic heterocycles. The molecular weight excluding hydrogens is 267 g/mol. The van der Waals surface area contributed by atoms with E-state index in [4.69, 9.17) is 5.73 Å². The average molecular weight is 281 g/mol. The molecule has 0 atom stereocenters. The standard InChI is InChI=1S/C14H14F3N3/c1-20(12-5-3-2-4-10(12)9-18)13-8-11(6-7-19-13)14(15,16)17/h2-8H,9,18H2,1H3. The predicted molar refractivity (Wildman–Crippen MR) is 71.6 cm³/mol. The topological polar surface area (TPSA) is 42.2 Å². The Bertz CT molecular complexity index is 596. The van der Waals surface area contributed by atoms with Crippen molar-refractivity contribution >= 4 is 11.5 Å². The lowest BCUT2D eigenvalue weighted by Gasteiger charge is -2.22. The molecule has 0 saturated heterocycles. The number of pyridine rings is 1. The summed E-state index contributed by atoms with van der Waals surface area (Å²) in [5, 5.41) is 0. The number of para-hydroxylation sites is 1. The summed E-state index contributed by atoms with van der Waals surface area (Å²) in [6.45, 7) is 0.305. The maximum Gasteiger partial charge on any atom is 0.416 e. The first kappa shape index (κ1) is 14.3. The van der Waals surface area contributed by atoms with Crippen LogP contribution in [0, 0.1) is 0 Å². The molecule has 2 rings (SSSR count). The number of alkyl halides is 3. The van der Waals surface area contributed by atoms with Gasteiger partial charge in [0.1, 0.15) is 5.82 Å². The Morgan fingerprint density at radius 1 is 1.20 bits per heavy atom. The van der Waals surface area contributed by atoms with Gasteiger partial charge in [0, 0.05) is 25.5 Å². The monoisotopic (exact) mass is 281 g/mol. The SMILES string of the molecule is CN(c1cc(C(F)(F)F)ccn1)c1ccccc1CN. The van der Waals surface area contributed by atoms with Crippen LogP contribution in [0.4, 0.5) is 24.7 Å². The van der Waals surface area contributed by atoms with Gasteiger partial charge < -0.3 is 10.6 Å². The van der Waals surface area contributed by atoms with Crippen molar-refractivity contribution < 1.29 is 13.2 Å². The third kappa shape index (κ3) is 2.91. The quantitative estimate of drug-likeness (QED) is 0.938. The van der Waals surface area contributed by atoms with E-state index in [1.165, 1.54) is 0 Å². The highest BCUT2D eigenvalue weighted by Gasteiger charge is 2.31. The summed E-state index contributed by atoms with van der Waals surface area (Å²) in [5.41, 5.74) is 6.50. The summed E-state index contributed by atoms with van der Waals surface area (Å²) in [6.07, 6.45) is -3.23. The normalized spacial score (nSPS) is 11.4. The van der Waals surface area contributed by atoms with Crippen molar-refractivity contribution in [2.45, 2.75) is 12.7 Å². The fourth-order valence-electron chi connectivity index (χ4n) is 1.91. The number of nitrogens with zero attached hydrogens (tertiary/aromatic N) is 2. The zero-order valence-corrected chi connectivity index (χ0v) is 10.9. The van der Waals surface area contributed by atoms with Crippen LogP contribution in [0.25, 0.3) is 0 Å². The highest BCUT2D eigenvalue weighted by Crippen LogP contribution is 2.32. The van der Waals surface area contributed by atoms with Gasteiger partial charge in [-0.15, -0.1) is 0 Å². The summed E-state index contributed by atoms with van der Waals surface area (Å²) in [6, 6.07) is 9.24. The number of anilines is 2. The molecule has 0 amide bonds. The minimum absolute atomic E-state index is 0.223. The van der Waals surface area contributed by atoms with Crippen LogP contribution >= 0.6 is 0 Å². The van der Waals surface area contributed by atoms with Gasteiger partial charge in [-0.1, -0.05) is 18.2 Å². The predicted octanol–water partition coefficient (Wildman–Crippen LogP) is 3.33. The van der Waals surface area contributed by atoms with Crippen LogP contribution in [0.1, 0.15) is 11.1 Å². The van der Waals surface area contributed by atoms with Gasteiger partial charge in [0.25, 0.3) is 0 Å². The molecule has 1 heterocycles. The fraction of sp³-hybridized carbons (Fsp3) is 0.214. The van der Waals surface area contributed by atoms with Crippen LogP contribution in [0.15, 0.2) is 42.6 Å². The summed E-state index contributed by atoms with van der Waals surface area (Å²) in [7, 11) is 1.66. The van der Waals surface area contributed by atoms with Gasteiger partial charge in [-0.25, -0.2) is 4.98 Å². The van der Waals surface area contributed by atoms with E-state index >= 15 is 0 Å². The molecule has 20 heavy (non-hydrogen) atoms. The summed E-state index contributed by atoms with van der Waals surface area (Å²) in [4.78, 5) is 5.58. The third-order valence-electron chi connectivity index (χ3n) is 2.99. The molecule has 2 N–H and O–H groups in total. The largest absolute Gasteiger partial charge is 0.416 e. The molecule has 1 aromatic carbocycles. The van der Waals surface area contributed by atoms with E-state index in [0.29, 0.717) is 6.54 Å². The molecule has 0 saturated carbocycles. The van der Waals surface area contributed by atoms with E-state index in [1.54, 1.807) is 24.1 Å². The van der Waals surface area contributed by atoms with Gasteiger partial charge in [-0.3, -0.25) is 0 Å². The summed E-state index contributed by atoms with van der Waals surface area (Å²) >= 11 is 0. The fourth-order valence-corrected chi connectivity index (χ4v) is 1.91. The molecule has 106 valence electrons. The van der Waals surface area contributed by atoms with E-state index in [-0.39, 0.29) is 5.82 Å². The lowest BCUT2D eigenvalue weighted by molar-refractivity contribution is -0.137. The Morgan fingerprint density at radius 3 is 2.55 bits per heavy atom. The first-order chi connectivity index (χ1) is 9.43. The molecule has 0 aliphatic carbocycles. The van der Waals surface area contributed by atoms with Crippen LogP contribution in [0.2, 0.25) is 0 Å². The molecule has 2 aromatic rings. The van der Waals surface area contributed by atoms with Crippen molar-refractivity contribution in [2.75, 3.05) is 11.9 Å². The van der Waals surface area contributed by atoms with E-state index < -0.39 is 11.7 Å². The summed E-state index contributed by atoms with van der Waals surface area (Å²) in [5.74, 6) is 0.223. The van der Waals surface area contributed by atoms with Crippen LogP contribution in [-0.4, -0.2) is 12.0 Å². The minimum Gasteiger partial charge on any atom is -0.329 e. The van der Waals surface area contributed by atoms with Crippen molar-refractivity contribution in [2.24, 2.45) is 5.73 Å².